The molecule has 1 fully saturated rings. The zero-order valence-corrected chi connectivity index (χ0v) is 9.66. The van der Waals surface area contributed by atoms with Crippen molar-refractivity contribution in [3.8, 4) is 0 Å². The molecule has 2 heteroatoms. The monoisotopic (exact) mass is 204 g/mol. The van der Waals surface area contributed by atoms with Gasteiger partial charge in [-0.25, -0.2) is 0 Å². The topological polar surface area (TPSA) is 24.9 Å². The lowest BCUT2D eigenvalue weighted by atomic mass is 10.0. The SMILES string of the molecule is CC(NCCc1ccncc1)C1(C)CC1. The van der Waals surface area contributed by atoms with Gasteiger partial charge in [-0.3, -0.25) is 4.98 Å². The van der Waals surface area contributed by atoms with Crippen molar-refractivity contribution in [3.05, 3.63) is 30.1 Å². The minimum atomic E-state index is 0.582. The Morgan fingerprint density at radius 3 is 2.67 bits per heavy atom. The highest BCUT2D eigenvalue weighted by atomic mass is 14.9. The lowest BCUT2D eigenvalue weighted by Crippen LogP contribution is -2.34. The summed E-state index contributed by atoms with van der Waals surface area (Å²) < 4.78 is 0. The number of hydrogen-bond acceptors (Lipinski definition) is 2. The highest BCUT2D eigenvalue weighted by Crippen LogP contribution is 2.47. The number of pyridine rings is 1. The Bertz CT molecular complexity index is 304. The molecule has 1 aromatic rings. The first-order valence-electron chi connectivity index (χ1n) is 5.83. The Labute approximate surface area is 92.1 Å². The van der Waals surface area contributed by atoms with Gasteiger partial charge in [-0.2, -0.15) is 0 Å². The van der Waals surface area contributed by atoms with E-state index in [-0.39, 0.29) is 0 Å². The molecule has 2 rings (SSSR count). The van der Waals surface area contributed by atoms with E-state index in [4.69, 9.17) is 0 Å². The maximum Gasteiger partial charge on any atom is 0.0270 e. The molecular weight excluding hydrogens is 184 g/mol. The number of rotatable bonds is 5. The van der Waals surface area contributed by atoms with Crippen LogP contribution in [0.2, 0.25) is 0 Å². The Morgan fingerprint density at radius 1 is 1.40 bits per heavy atom. The van der Waals surface area contributed by atoms with E-state index in [1.807, 2.05) is 12.4 Å². The van der Waals surface area contributed by atoms with Crippen LogP contribution in [0.4, 0.5) is 0 Å². The third kappa shape index (κ3) is 2.78. The maximum absolute atomic E-state index is 4.02. The highest BCUT2D eigenvalue weighted by molar-refractivity contribution is 5.10. The van der Waals surface area contributed by atoms with E-state index in [1.165, 1.54) is 18.4 Å². The van der Waals surface area contributed by atoms with Crippen LogP contribution >= 0.6 is 0 Å². The lowest BCUT2D eigenvalue weighted by molar-refractivity contribution is 0.383. The van der Waals surface area contributed by atoms with Crippen molar-refractivity contribution >= 4 is 0 Å². The van der Waals surface area contributed by atoms with Crippen molar-refractivity contribution in [3.63, 3.8) is 0 Å². The van der Waals surface area contributed by atoms with Crippen LogP contribution in [-0.2, 0) is 6.42 Å². The van der Waals surface area contributed by atoms with Crippen LogP contribution < -0.4 is 5.32 Å². The summed E-state index contributed by atoms with van der Waals surface area (Å²) in [7, 11) is 0. The van der Waals surface area contributed by atoms with Crippen molar-refractivity contribution < 1.29 is 0 Å². The average molecular weight is 204 g/mol. The third-order valence-corrected chi connectivity index (χ3v) is 3.70. The molecule has 1 aliphatic rings. The van der Waals surface area contributed by atoms with Crippen molar-refractivity contribution in [2.24, 2.45) is 5.41 Å². The molecule has 0 radical (unpaired) electrons. The predicted molar refractivity (Wildman–Crippen MR) is 62.7 cm³/mol. The molecule has 2 nitrogen and oxygen atoms in total. The van der Waals surface area contributed by atoms with Gasteiger partial charge in [-0.05, 0) is 55.8 Å². The van der Waals surface area contributed by atoms with Crippen LogP contribution in [0, 0.1) is 5.41 Å². The first-order chi connectivity index (χ1) is 7.21. The summed E-state index contributed by atoms with van der Waals surface area (Å²) in [4.78, 5) is 4.02. The molecule has 15 heavy (non-hydrogen) atoms. The highest BCUT2D eigenvalue weighted by Gasteiger charge is 2.41. The quantitative estimate of drug-likeness (QED) is 0.796. The molecule has 1 heterocycles. The molecule has 1 saturated carbocycles. The maximum atomic E-state index is 4.02. The van der Waals surface area contributed by atoms with Crippen LogP contribution in [-0.4, -0.2) is 17.6 Å². The van der Waals surface area contributed by atoms with E-state index in [0.29, 0.717) is 11.5 Å². The van der Waals surface area contributed by atoms with Crippen LogP contribution in [0.25, 0.3) is 0 Å². The van der Waals surface area contributed by atoms with Crippen molar-refractivity contribution in [1.29, 1.82) is 0 Å². The van der Waals surface area contributed by atoms with Gasteiger partial charge in [-0.1, -0.05) is 6.92 Å². The minimum Gasteiger partial charge on any atom is -0.313 e. The molecule has 0 amide bonds. The van der Waals surface area contributed by atoms with Gasteiger partial charge in [0.1, 0.15) is 0 Å². The molecule has 1 aromatic heterocycles. The van der Waals surface area contributed by atoms with E-state index in [0.717, 1.165) is 13.0 Å². The largest absolute Gasteiger partial charge is 0.313 e. The van der Waals surface area contributed by atoms with E-state index < -0.39 is 0 Å². The smallest absolute Gasteiger partial charge is 0.0270 e. The van der Waals surface area contributed by atoms with E-state index in [1.54, 1.807) is 0 Å². The van der Waals surface area contributed by atoms with Crippen LogP contribution in [0.15, 0.2) is 24.5 Å². The second kappa shape index (κ2) is 4.31. The molecule has 1 aliphatic carbocycles. The van der Waals surface area contributed by atoms with E-state index in [9.17, 15) is 0 Å². The van der Waals surface area contributed by atoms with Gasteiger partial charge in [-0.15, -0.1) is 0 Å². The fourth-order valence-electron chi connectivity index (χ4n) is 1.86. The Kier molecular flexibility index (Phi) is 3.06. The fourth-order valence-corrected chi connectivity index (χ4v) is 1.86. The second-order valence-corrected chi connectivity index (χ2v) is 4.94. The Hall–Kier alpha value is -0.890. The summed E-state index contributed by atoms with van der Waals surface area (Å²) in [5, 5.41) is 3.61. The van der Waals surface area contributed by atoms with Gasteiger partial charge in [0.15, 0.2) is 0 Å². The van der Waals surface area contributed by atoms with E-state index in [2.05, 4.69) is 36.3 Å². The lowest BCUT2D eigenvalue weighted by Gasteiger charge is -2.20. The molecule has 0 bridgehead atoms. The average Bonchev–Trinajstić information content (AvgIpc) is 2.99. The van der Waals surface area contributed by atoms with Gasteiger partial charge in [0.05, 0.1) is 0 Å². The summed E-state index contributed by atoms with van der Waals surface area (Å²) in [6, 6.07) is 4.83. The summed E-state index contributed by atoms with van der Waals surface area (Å²) >= 11 is 0. The van der Waals surface area contributed by atoms with Crippen LogP contribution in [0.1, 0.15) is 32.3 Å². The summed E-state index contributed by atoms with van der Waals surface area (Å²) in [6.45, 7) is 5.75. The van der Waals surface area contributed by atoms with Gasteiger partial charge in [0, 0.05) is 18.4 Å². The molecule has 82 valence electrons. The van der Waals surface area contributed by atoms with Gasteiger partial charge in [0.25, 0.3) is 0 Å². The van der Waals surface area contributed by atoms with E-state index >= 15 is 0 Å². The summed E-state index contributed by atoms with van der Waals surface area (Å²) in [6.07, 6.45) is 7.59. The number of hydrogen-bond donors (Lipinski definition) is 1. The molecular formula is C13H20N2. The summed E-state index contributed by atoms with van der Waals surface area (Å²) in [5.74, 6) is 0. The normalized spacial score (nSPS) is 19.9. The van der Waals surface area contributed by atoms with Gasteiger partial charge >= 0.3 is 0 Å². The molecule has 1 N–H and O–H groups in total. The van der Waals surface area contributed by atoms with Crippen molar-refractivity contribution in [2.75, 3.05) is 6.54 Å². The fraction of sp³-hybridized carbons (Fsp3) is 0.615. The molecule has 1 unspecified atom stereocenters. The predicted octanol–water partition coefficient (Wildman–Crippen LogP) is 2.40. The van der Waals surface area contributed by atoms with Crippen molar-refractivity contribution in [2.45, 2.75) is 39.2 Å². The molecule has 0 aliphatic heterocycles. The first kappa shape index (κ1) is 10.6. The number of aromatic nitrogens is 1. The standard InChI is InChI=1S/C13H20N2/c1-11(13(2)6-7-13)15-10-5-12-3-8-14-9-4-12/h3-4,8-9,11,15H,5-7,10H2,1-2H3. The second-order valence-electron chi connectivity index (χ2n) is 4.94. The third-order valence-electron chi connectivity index (χ3n) is 3.70. The number of nitrogens with zero attached hydrogens (tertiary/aromatic N) is 1. The molecule has 1 atom stereocenters. The first-order valence-corrected chi connectivity index (χ1v) is 5.83. The zero-order chi connectivity index (χ0) is 10.7. The van der Waals surface area contributed by atoms with Crippen LogP contribution in [0.5, 0.6) is 0 Å². The van der Waals surface area contributed by atoms with Gasteiger partial charge < -0.3 is 5.32 Å². The number of nitrogens with one attached hydrogen (secondary N) is 1. The van der Waals surface area contributed by atoms with Crippen LogP contribution in [0.3, 0.4) is 0 Å². The Balaban J connectivity index is 1.71. The summed E-state index contributed by atoms with van der Waals surface area (Å²) in [5.41, 5.74) is 1.95. The molecule has 0 aromatic carbocycles. The van der Waals surface area contributed by atoms with Crippen molar-refractivity contribution in [1.82, 2.24) is 10.3 Å². The Morgan fingerprint density at radius 2 is 2.07 bits per heavy atom. The van der Waals surface area contributed by atoms with Gasteiger partial charge in [0.2, 0.25) is 0 Å². The molecule has 0 spiro atoms. The minimum absolute atomic E-state index is 0.582. The molecule has 0 saturated heterocycles. The zero-order valence-electron chi connectivity index (χ0n) is 9.66.